The van der Waals surface area contributed by atoms with Crippen molar-refractivity contribution >= 4 is 9.84 Å². The molecular weight excluding hydrogens is 377 g/mol. The summed E-state index contributed by atoms with van der Waals surface area (Å²) in [7, 11) is -3.33. The van der Waals surface area contributed by atoms with Crippen LogP contribution in [0.3, 0.4) is 0 Å². The quantitative estimate of drug-likeness (QED) is 0.755. The van der Waals surface area contributed by atoms with Gasteiger partial charge in [0.25, 0.3) is 0 Å². The molecule has 0 bridgehead atoms. The number of piperidine rings is 1. The van der Waals surface area contributed by atoms with Crippen LogP contribution in [0.1, 0.15) is 37.8 Å². The van der Waals surface area contributed by atoms with Crippen LogP contribution in [0.25, 0.3) is 0 Å². The average molecular weight is 407 g/mol. The van der Waals surface area contributed by atoms with Crippen LogP contribution in [-0.2, 0) is 22.4 Å². The van der Waals surface area contributed by atoms with Gasteiger partial charge in [-0.15, -0.1) is 0 Å². The zero-order valence-corrected chi connectivity index (χ0v) is 16.9. The smallest absolute Gasteiger partial charge is 0.317 e. The molecule has 27 heavy (non-hydrogen) atoms. The molecule has 1 saturated heterocycles. The zero-order chi connectivity index (χ0) is 20.2. The summed E-state index contributed by atoms with van der Waals surface area (Å²) >= 11 is 0. The van der Waals surface area contributed by atoms with E-state index < -0.39 is 27.0 Å². The number of likely N-dealkylation sites (N-methyl/N-ethyl adjacent to an activating group) is 1. The summed E-state index contributed by atoms with van der Waals surface area (Å²) in [6.45, 7) is 5.90. The minimum atomic E-state index is -4.38. The Morgan fingerprint density at radius 1 is 1.26 bits per heavy atom. The number of nitrogens with zero attached hydrogens (tertiary/aromatic N) is 1. The molecule has 0 spiro atoms. The first-order chi connectivity index (χ1) is 12.5. The van der Waals surface area contributed by atoms with Gasteiger partial charge in [-0.05, 0) is 63.4 Å². The fraction of sp³-hybridized carbons (Fsp3) is 0.684. The molecule has 0 aromatic heterocycles. The lowest BCUT2D eigenvalue weighted by Crippen LogP contribution is -2.52. The molecule has 0 aliphatic carbocycles. The first-order valence-electron chi connectivity index (χ1n) is 9.35. The Bertz CT molecular complexity index is 716. The van der Waals surface area contributed by atoms with Gasteiger partial charge in [0, 0.05) is 12.3 Å². The van der Waals surface area contributed by atoms with E-state index in [0.29, 0.717) is 18.5 Å². The number of alkyl halides is 3. The van der Waals surface area contributed by atoms with Crippen molar-refractivity contribution in [3.05, 3.63) is 35.4 Å². The van der Waals surface area contributed by atoms with Crippen LogP contribution in [0.5, 0.6) is 0 Å². The SMILES string of the molecule is CCN(C(C)Cc1cccc(C(F)(F)F)c1)C(C1CCNCC1)S(C)(=O)=O. The van der Waals surface area contributed by atoms with Gasteiger partial charge in [0.15, 0.2) is 9.84 Å². The molecule has 154 valence electrons. The first kappa shape index (κ1) is 22.2. The second kappa shape index (κ2) is 8.92. The predicted octanol–water partition coefficient (Wildman–Crippen LogP) is 3.33. The fourth-order valence-corrected chi connectivity index (χ4v) is 5.89. The summed E-state index contributed by atoms with van der Waals surface area (Å²) in [4.78, 5) is 1.94. The van der Waals surface area contributed by atoms with E-state index in [0.717, 1.165) is 38.1 Å². The Hall–Kier alpha value is -1.12. The third-order valence-electron chi connectivity index (χ3n) is 5.27. The monoisotopic (exact) mass is 406 g/mol. The van der Waals surface area contributed by atoms with Crippen LogP contribution >= 0.6 is 0 Å². The molecule has 1 fully saturated rings. The van der Waals surface area contributed by atoms with Crippen molar-refractivity contribution in [2.45, 2.75) is 50.7 Å². The van der Waals surface area contributed by atoms with Gasteiger partial charge in [-0.3, -0.25) is 4.90 Å². The molecule has 0 amide bonds. The fourth-order valence-electron chi connectivity index (χ4n) is 4.07. The second-order valence-corrected chi connectivity index (χ2v) is 9.53. The number of rotatable bonds is 7. The molecule has 4 nitrogen and oxygen atoms in total. The number of halogens is 3. The van der Waals surface area contributed by atoms with E-state index in [4.69, 9.17) is 0 Å². The highest BCUT2D eigenvalue weighted by Crippen LogP contribution is 2.31. The van der Waals surface area contributed by atoms with Crippen LogP contribution in [0.4, 0.5) is 13.2 Å². The number of hydrogen-bond acceptors (Lipinski definition) is 4. The van der Waals surface area contributed by atoms with Gasteiger partial charge in [-0.25, -0.2) is 8.42 Å². The molecule has 1 heterocycles. The minimum absolute atomic E-state index is 0.0326. The van der Waals surface area contributed by atoms with Crippen LogP contribution < -0.4 is 5.32 Å². The lowest BCUT2D eigenvalue weighted by atomic mass is 9.95. The summed E-state index contributed by atoms with van der Waals surface area (Å²) < 4.78 is 64.0. The zero-order valence-electron chi connectivity index (χ0n) is 16.1. The summed E-state index contributed by atoms with van der Waals surface area (Å²) in [5, 5.41) is 2.64. The summed E-state index contributed by atoms with van der Waals surface area (Å²) in [6.07, 6.45) is -1.18. The lowest BCUT2D eigenvalue weighted by molar-refractivity contribution is -0.137. The number of sulfone groups is 1. The summed E-state index contributed by atoms with van der Waals surface area (Å²) in [6, 6.07) is 5.10. The molecule has 8 heteroatoms. The van der Waals surface area contributed by atoms with E-state index in [9.17, 15) is 21.6 Å². The average Bonchev–Trinajstić information content (AvgIpc) is 2.58. The number of benzene rings is 1. The Morgan fingerprint density at radius 2 is 1.89 bits per heavy atom. The molecule has 1 aliphatic heterocycles. The highest BCUT2D eigenvalue weighted by Gasteiger charge is 2.37. The molecule has 2 atom stereocenters. The maximum atomic E-state index is 13.0. The molecular formula is C19H29F3N2O2S. The van der Waals surface area contributed by atoms with E-state index in [1.807, 2.05) is 18.7 Å². The Kier molecular flexibility index (Phi) is 7.33. The summed E-state index contributed by atoms with van der Waals surface area (Å²) in [5.74, 6) is 0.0326. The molecule has 2 unspecified atom stereocenters. The molecule has 1 N–H and O–H groups in total. The van der Waals surface area contributed by atoms with Gasteiger partial charge in [0.1, 0.15) is 5.37 Å². The van der Waals surface area contributed by atoms with Crippen molar-refractivity contribution in [2.24, 2.45) is 5.92 Å². The normalized spacial score (nSPS) is 19.2. The predicted molar refractivity (Wildman–Crippen MR) is 101 cm³/mol. The maximum Gasteiger partial charge on any atom is 0.416 e. The van der Waals surface area contributed by atoms with Crippen LogP contribution in [0.15, 0.2) is 24.3 Å². The van der Waals surface area contributed by atoms with Gasteiger partial charge >= 0.3 is 6.18 Å². The van der Waals surface area contributed by atoms with Crippen molar-refractivity contribution in [3.8, 4) is 0 Å². The third kappa shape index (κ3) is 5.93. The van der Waals surface area contributed by atoms with Gasteiger partial charge in [0.05, 0.1) is 5.56 Å². The second-order valence-electron chi connectivity index (χ2n) is 7.39. The minimum Gasteiger partial charge on any atom is -0.317 e. The Labute approximate surface area is 160 Å². The van der Waals surface area contributed by atoms with Crippen molar-refractivity contribution in [3.63, 3.8) is 0 Å². The molecule has 1 aliphatic rings. The van der Waals surface area contributed by atoms with Crippen molar-refractivity contribution in [2.75, 3.05) is 25.9 Å². The Balaban J connectivity index is 2.23. The topological polar surface area (TPSA) is 49.4 Å². The number of hydrogen-bond donors (Lipinski definition) is 1. The van der Waals surface area contributed by atoms with E-state index in [2.05, 4.69) is 5.32 Å². The molecule has 1 aromatic rings. The third-order valence-corrected chi connectivity index (χ3v) is 6.80. The van der Waals surface area contributed by atoms with Crippen LogP contribution in [0.2, 0.25) is 0 Å². The molecule has 2 rings (SSSR count). The van der Waals surface area contributed by atoms with Crippen molar-refractivity contribution in [1.29, 1.82) is 0 Å². The van der Waals surface area contributed by atoms with Gasteiger partial charge in [-0.2, -0.15) is 13.2 Å². The van der Waals surface area contributed by atoms with Crippen molar-refractivity contribution in [1.82, 2.24) is 10.2 Å². The number of nitrogens with one attached hydrogen (secondary N) is 1. The largest absolute Gasteiger partial charge is 0.416 e. The standard InChI is InChI=1S/C19H29F3N2O2S/c1-4-24(18(27(3,25)26)16-8-10-23-11-9-16)14(2)12-15-6-5-7-17(13-15)19(20,21)22/h5-7,13-14,16,18,23H,4,8-12H2,1-3H3. The lowest BCUT2D eigenvalue weighted by Gasteiger charge is -2.40. The highest BCUT2D eigenvalue weighted by molar-refractivity contribution is 7.91. The van der Waals surface area contributed by atoms with Crippen LogP contribution in [0, 0.1) is 5.92 Å². The molecule has 1 aromatic carbocycles. The van der Waals surface area contributed by atoms with E-state index >= 15 is 0 Å². The van der Waals surface area contributed by atoms with Crippen molar-refractivity contribution < 1.29 is 21.6 Å². The molecule has 0 radical (unpaired) electrons. The van der Waals surface area contributed by atoms with E-state index in [1.54, 1.807) is 6.07 Å². The Morgan fingerprint density at radius 3 is 2.41 bits per heavy atom. The van der Waals surface area contributed by atoms with Gasteiger partial charge in [-0.1, -0.05) is 25.1 Å². The maximum absolute atomic E-state index is 13.0. The van der Waals surface area contributed by atoms with E-state index in [1.165, 1.54) is 12.3 Å². The first-order valence-corrected chi connectivity index (χ1v) is 11.3. The van der Waals surface area contributed by atoms with Gasteiger partial charge in [0.2, 0.25) is 0 Å². The summed E-state index contributed by atoms with van der Waals surface area (Å²) in [5.41, 5.74) is -0.110. The van der Waals surface area contributed by atoms with Crippen LogP contribution in [-0.4, -0.2) is 50.6 Å². The molecule has 0 saturated carbocycles. The highest BCUT2D eigenvalue weighted by atomic mass is 32.2. The van der Waals surface area contributed by atoms with E-state index in [-0.39, 0.29) is 12.0 Å². The van der Waals surface area contributed by atoms with Gasteiger partial charge < -0.3 is 5.32 Å².